The highest BCUT2D eigenvalue weighted by Crippen LogP contribution is 2.30. The molecule has 0 aliphatic rings. The predicted octanol–water partition coefficient (Wildman–Crippen LogP) is 1.58. The van der Waals surface area contributed by atoms with E-state index >= 15 is 0 Å². The lowest BCUT2D eigenvalue weighted by Gasteiger charge is -2.13. The van der Waals surface area contributed by atoms with E-state index in [-0.39, 0.29) is 12.1 Å². The highest BCUT2D eigenvalue weighted by molar-refractivity contribution is 5.83. The van der Waals surface area contributed by atoms with E-state index in [0.29, 0.717) is 6.07 Å². The smallest absolute Gasteiger partial charge is 0.416 e. The van der Waals surface area contributed by atoms with Crippen molar-refractivity contribution in [2.24, 2.45) is 0 Å². The second kappa shape index (κ2) is 7.60. The molecule has 120 valence electrons. The Morgan fingerprint density at radius 1 is 1.41 bits per heavy atom. The number of rotatable bonds is 5. The molecule has 0 saturated heterocycles. The number of ether oxygens (including phenoxy) is 1. The summed E-state index contributed by atoms with van der Waals surface area (Å²) >= 11 is 0. The zero-order chi connectivity index (χ0) is 16.8. The molecular formula is C14H14F3NO4. The molecule has 0 fully saturated rings. The van der Waals surface area contributed by atoms with E-state index in [1.54, 1.807) is 0 Å². The van der Waals surface area contributed by atoms with Crippen LogP contribution in [0.5, 0.6) is 0 Å². The molecule has 1 amide bonds. The lowest BCUT2D eigenvalue weighted by atomic mass is 10.1. The first-order valence-corrected chi connectivity index (χ1v) is 6.13. The first-order chi connectivity index (χ1) is 10.3. The Hall–Kier alpha value is -2.35. The maximum absolute atomic E-state index is 12.6. The van der Waals surface area contributed by atoms with Crippen molar-refractivity contribution in [3.63, 3.8) is 0 Å². The summed E-state index contributed by atoms with van der Waals surface area (Å²) in [6, 6.07) is 3.86. The number of carbonyl (C=O) groups is 2. The third-order valence-electron chi connectivity index (χ3n) is 2.63. The molecule has 0 bridgehead atoms. The molecule has 0 aliphatic heterocycles. The third kappa shape index (κ3) is 5.21. The van der Waals surface area contributed by atoms with Crippen molar-refractivity contribution in [1.82, 2.24) is 5.32 Å². The number of nitrogens with one attached hydrogen (secondary N) is 1. The van der Waals surface area contributed by atoms with Crippen molar-refractivity contribution >= 4 is 11.9 Å². The van der Waals surface area contributed by atoms with Crippen LogP contribution in [0.2, 0.25) is 0 Å². The number of aliphatic hydroxyl groups excluding tert-OH is 1. The fourth-order valence-corrected chi connectivity index (χ4v) is 1.52. The van der Waals surface area contributed by atoms with Gasteiger partial charge in [0.1, 0.15) is 0 Å². The Labute approximate surface area is 124 Å². The van der Waals surface area contributed by atoms with Crippen molar-refractivity contribution in [3.8, 4) is 0 Å². The van der Waals surface area contributed by atoms with E-state index in [1.165, 1.54) is 19.3 Å². The molecule has 0 radical (unpaired) electrons. The summed E-state index contributed by atoms with van der Waals surface area (Å²) < 4.78 is 42.0. The summed E-state index contributed by atoms with van der Waals surface area (Å²) in [5.74, 6) is -1.50. The second-order valence-electron chi connectivity index (χ2n) is 4.20. The normalized spacial score (nSPS) is 13.0. The molecule has 1 unspecified atom stereocenters. The first-order valence-electron chi connectivity index (χ1n) is 6.13. The Morgan fingerprint density at radius 3 is 2.68 bits per heavy atom. The number of aliphatic hydroxyl groups is 1. The van der Waals surface area contributed by atoms with Crippen molar-refractivity contribution in [1.29, 1.82) is 0 Å². The van der Waals surface area contributed by atoms with Gasteiger partial charge in [0, 0.05) is 12.6 Å². The predicted molar refractivity (Wildman–Crippen MR) is 70.6 cm³/mol. The van der Waals surface area contributed by atoms with Gasteiger partial charge in [-0.2, -0.15) is 13.2 Å². The van der Waals surface area contributed by atoms with Gasteiger partial charge in [0.15, 0.2) is 6.10 Å². The van der Waals surface area contributed by atoms with Crippen LogP contribution in [-0.4, -0.2) is 30.6 Å². The minimum absolute atomic E-state index is 0.0794. The zero-order valence-corrected chi connectivity index (χ0v) is 11.6. The maximum atomic E-state index is 12.6. The molecule has 0 spiro atoms. The van der Waals surface area contributed by atoms with Crippen molar-refractivity contribution in [2.75, 3.05) is 13.7 Å². The molecule has 5 nitrogen and oxygen atoms in total. The van der Waals surface area contributed by atoms with E-state index in [1.807, 2.05) is 0 Å². The molecule has 1 aromatic rings. The summed E-state index contributed by atoms with van der Waals surface area (Å²) in [4.78, 5) is 22.4. The molecule has 1 atom stereocenters. The molecule has 0 aromatic heterocycles. The van der Waals surface area contributed by atoms with E-state index in [9.17, 15) is 27.9 Å². The van der Waals surface area contributed by atoms with Gasteiger partial charge < -0.3 is 15.2 Å². The third-order valence-corrected chi connectivity index (χ3v) is 2.63. The first kappa shape index (κ1) is 17.7. The van der Waals surface area contributed by atoms with E-state index in [0.717, 1.165) is 18.2 Å². The molecule has 0 saturated carbocycles. The SMILES string of the molecule is COC(=O)/C=C/CNC(=O)C(O)c1cccc(C(F)(F)F)c1. The van der Waals surface area contributed by atoms with Gasteiger partial charge in [-0.1, -0.05) is 18.2 Å². The van der Waals surface area contributed by atoms with Crippen LogP contribution in [-0.2, 0) is 20.5 Å². The molecule has 8 heteroatoms. The van der Waals surface area contributed by atoms with Crippen molar-refractivity contribution in [2.45, 2.75) is 12.3 Å². The highest BCUT2D eigenvalue weighted by atomic mass is 19.4. The Balaban J connectivity index is 2.67. The monoisotopic (exact) mass is 317 g/mol. The second-order valence-corrected chi connectivity index (χ2v) is 4.20. The van der Waals surface area contributed by atoms with Gasteiger partial charge in [-0.15, -0.1) is 0 Å². The number of alkyl halides is 3. The van der Waals surface area contributed by atoms with E-state index < -0.39 is 29.7 Å². The molecule has 1 rings (SSSR count). The van der Waals surface area contributed by atoms with E-state index in [2.05, 4.69) is 10.1 Å². The average molecular weight is 317 g/mol. The van der Waals surface area contributed by atoms with Gasteiger partial charge in [0.05, 0.1) is 12.7 Å². The summed E-state index contributed by atoms with van der Waals surface area (Å²) in [5, 5.41) is 12.0. The van der Waals surface area contributed by atoms with Crippen LogP contribution in [0.15, 0.2) is 36.4 Å². The summed E-state index contributed by atoms with van der Waals surface area (Å²) in [6.07, 6.45) is -3.96. The summed E-state index contributed by atoms with van der Waals surface area (Å²) in [5.41, 5.74) is -1.13. The Morgan fingerprint density at radius 2 is 2.09 bits per heavy atom. The van der Waals surface area contributed by atoms with Crippen molar-refractivity contribution in [3.05, 3.63) is 47.5 Å². The Kier molecular flexibility index (Phi) is 6.11. The fraction of sp³-hybridized carbons (Fsp3) is 0.286. The van der Waals surface area contributed by atoms with Gasteiger partial charge in [-0.05, 0) is 17.7 Å². The largest absolute Gasteiger partial charge is 0.466 e. The van der Waals surface area contributed by atoms with E-state index in [4.69, 9.17) is 0 Å². The number of benzene rings is 1. The van der Waals surface area contributed by atoms with Crippen LogP contribution in [0.1, 0.15) is 17.2 Å². The average Bonchev–Trinajstić information content (AvgIpc) is 2.49. The number of hydrogen-bond donors (Lipinski definition) is 2. The van der Waals surface area contributed by atoms with Gasteiger partial charge in [-0.25, -0.2) is 4.79 Å². The lowest BCUT2D eigenvalue weighted by molar-refractivity contribution is -0.138. The quantitative estimate of drug-likeness (QED) is 0.639. The standard InChI is InChI=1S/C14H14F3NO4/c1-22-11(19)6-3-7-18-13(21)12(20)9-4-2-5-10(8-9)14(15,16)17/h2-6,8,12,20H,7H2,1H3,(H,18,21)/b6-3+. The summed E-state index contributed by atoms with van der Waals surface area (Å²) in [6.45, 7) is -0.0794. The van der Waals surface area contributed by atoms with Crippen LogP contribution in [0, 0.1) is 0 Å². The van der Waals surface area contributed by atoms with Crippen LogP contribution >= 0.6 is 0 Å². The number of amides is 1. The molecule has 0 heterocycles. The molecule has 1 aromatic carbocycles. The molecular weight excluding hydrogens is 303 g/mol. The van der Waals surface area contributed by atoms with Gasteiger partial charge in [0.25, 0.3) is 5.91 Å². The van der Waals surface area contributed by atoms with Gasteiger partial charge >= 0.3 is 12.1 Å². The van der Waals surface area contributed by atoms with Crippen LogP contribution in [0.4, 0.5) is 13.2 Å². The van der Waals surface area contributed by atoms with Gasteiger partial charge in [0.2, 0.25) is 0 Å². The number of hydrogen-bond acceptors (Lipinski definition) is 4. The Bertz CT molecular complexity index is 569. The number of methoxy groups -OCH3 is 1. The van der Waals surface area contributed by atoms with Gasteiger partial charge in [-0.3, -0.25) is 4.79 Å². The van der Waals surface area contributed by atoms with Crippen LogP contribution in [0.25, 0.3) is 0 Å². The molecule has 22 heavy (non-hydrogen) atoms. The number of carbonyl (C=O) groups excluding carboxylic acids is 2. The van der Waals surface area contributed by atoms with Crippen LogP contribution in [0.3, 0.4) is 0 Å². The summed E-state index contributed by atoms with van der Waals surface area (Å²) in [7, 11) is 1.18. The van der Waals surface area contributed by atoms with Crippen LogP contribution < -0.4 is 5.32 Å². The highest BCUT2D eigenvalue weighted by Gasteiger charge is 2.31. The minimum atomic E-state index is -4.56. The number of esters is 1. The molecule has 0 aliphatic carbocycles. The zero-order valence-electron chi connectivity index (χ0n) is 11.6. The fourth-order valence-electron chi connectivity index (χ4n) is 1.52. The number of halogens is 3. The van der Waals surface area contributed by atoms with Crippen molar-refractivity contribution < 1.29 is 32.6 Å². The molecule has 2 N–H and O–H groups in total. The topological polar surface area (TPSA) is 75.6 Å². The minimum Gasteiger partial charge on any atom is -0.466 e. The lowest BCUT2D eigenvalue weighted by Crippen LogP contribution is -2.29. The maximum Gasteiger partial charge on any atom is 0.416 e.